The molecule has 4 nitrogen and oxygen atoms in total. The van der Waals surface area contributed by atoms with Crippen molar-refractivity contribution in [3.05, 3.63) is 35.4 Å². The number of ether oxygens (including phenoxy) is 1. The molecule has 1 atom stereocenters. The van der Waals surface area contributed by atoms with Gasteiger partial charge >= 0.3 is 0 Å². The van der Waals surface area contributed by atoms with Crippen LogP contribution in [0.2, 0.25) is 0 Å². The van der Waals surface area contributed by atoms with Gasteiger partial charge in [0.25, 0.3) is 5.91 Å². The molecule has 0 saturated carbocycles. The molecule has 1 unspecified atom stereocenters. The fourth-order valence-electron chi connectivity index (χ4n) is 1.76. The van der Waals surface area contributed by atoms with E-state index in [2.05, 4.69) is 5.32 Å². The third kappa shape index (κ3) is 4.47. The van der Waals surface area contributed by atoms with Crippen molar-refractivity contribution in [3.8, 4) is 0 Å². The van der Waals surface area contributed by atoms with Crippen molar-refractivity contribution in [2.45, 2.75) is 32.5 Å². The highest BCUT2D eigenvalue weighted by Crippen LogP contribution is 2.09. The Morgan fingerprint density at radius 2 is 2.17 bits per heavy atom. The first kappa shape index (κ1) is 14.7. The molecule has 0 aliphatic carbocycles. The Hall–Kier alpha value is -1.39. The number of carbonyl (C=O) groups is 1. The van der Waals surface area contributed by atoms with Crippen LogP contribution in [0.4, 0.5) is 0 Å². The lowest BCUT2D eigenvalue weighted by Gasteiger charge is -2.12. The summed E-state index contributed by atoms with van der Waals surface area (Å²) in [5.74, 6) is -0.169. The monoisotopic (exact) mass is 251 g/mol. The second-order valence-corrected chi connectivity index (χ2v) is 4.24. The smallest absolute Gasteiger partial charge is 0.251 e. The van der Waals surface area contributed by atoms with Crippen molar-refractivity contribution in [1.82, 2.24) is 5.32 Å². The van der Waals surface area contributed by atoms with Gasteiger partial charge in [-0.3, -0.25) is 4.79 Å². The molecule has 1 aromatic rings. The number of methoxy groups -OCH3 is 1. The van der Waals surface area contributed by atoms with Gasteiger partial charge in [-0.2, -0.15) is 0 Å². The molecule has 0 radical (unpaired) electrons. The van der Waals surface area contributed by atoms with E-state index in [9.17, 15) is 9.90 Å². The van der Waals surface area contributed by atoms with Gasteiger partial charge in [0.15, 0.2) is 0 Å². The van der Waals surface area contributed by atoms with Gasteiger partial charge in [-0.15, -0.1) is 0 Å². The van der Waals surface area contributed by atoms with Gasteiger partial charge < -0.3 is 15.2 Å². The summed E-state index contributed by atoms with van der Waals surface area (Å²) in [7, 11) is 1.60. The summed E-state index contributed by atoms with van der Waals surface area (Å²) >= 11 is 0. The molecule has 4 heteroatoms. The van der Waals surface area contributed by atoms with Crippen molar-refractivity contribution < 1.29 is 14.6 Å². The zero-order valence-electron chi connectivity index (χ0n) is 11.0. The van der Waals surface area contributed by atoms with Crippen molar-refractivity contribution in [2.75, 3.05) is 13.7 Å². The van der Waals surface area contributed by atoms with Crippen LogP contribution in [-0.4, -0.2) is 30.8 Å². The first-order chi connectivity index (χ1) is 8.69. The topological polar surface area (TPSA) is 58.6 Å². The summed E-state index contributed by atoms with van der Waals surface area (Å²) in [6, 6.07) is 7.31. The number of hydrogen-bond donors (Lipinski definition) is 2. The van der Waals surface area contributed by atoms with Gasteiger partial charge in [0.2, 0.25) is 0 Å². The van der Waals surface area contributed by atoms with E-state index in [-0.39, 0.29) is 12.5 Å². The average molecular weight is 251 g/mol. The minimum absolute atomic E-state index is 0.169. The minimum atomic E-state index is -0.478. The molecule has 1 aromatic carbocycles. The maximum absolute atomic E-state index is 12.0. The number of nitrogens with one attached hydrogen (secondary N) is 1. The number of benzene rings is 1. The normalized spacial score (nSPS) is 12.2. The Morgan fingerprint density at radius 3 is 2.83 bits per heavy atom. The zero-order valence-corrected chi connectivity index (χ0v) is 11.0. The predicted octanol–water partition coefficient (Wildman–Crippen LogP) is 1.72. The molecule has 18 heavy (non-hydrogen) atoms. The molecule has 0 heterocycles. The first-order valence-electron chi connectivity index (χ1n) is 6.22. The van der Waals surface area contributed by atoms with Gasteiger partial charge in [-0.1, -0.05) is 31.5 Å². The van der Waals surface area contributed by atoms with Crippen LogP contribution in [0.15, 0.2) is 24.3 Å². The van der Waals surface area contributed by atoms with E-state index in [0.29, 0.717) is 18.6 Å². The van der Waals surface area contributed by atoms with Crippen molar-refractivity contribution in [2.24, 2.45) is 0 Å². The molecular formula is C14H21NO3. The van der Waals surface area contributed by atoms with Gasteiger partial charge in [0.1, 0.15) is 0 Å². The lowest BCUT2D eigenvalue weighted by atomic mass is 10.1. The van der Waals surface area contributed by atoms with Crippen molar-refractivity contribution >= 4 is 5.91 Å². The zero-order chi connectivity index (χ0) is 13.4. The highest BCUT2D eigenvalue weighted by Gasteiger charge is 2.11. The molecule has 0 fully saturated rings. The Morgan fingerprint density at radius 1 is 1.44 bits per heavy atom. The molecule has 0 aliphatic rings. The van der Waals surface area contributed by atoms with Crippen LogP contribution in [0, 0.1) is 0 Å². The Kier molecular flexibility index (Phi) is 6.39. The fourth-order valence-corrected chi connectivity index (χ4v) is 1.76. The van der Waals surface area contributed by atoms with Crippen LogP contribution in [-0.2, 0) is 11.3 Å². The quantitative estimate of drug-likeness (QED) is 0.776. The van der Waals surface area contributed by atoms with Gasteiger partial charge in [-0.05, 0) is 18.1 Å². The Balaban J connectivity index is 2.60. The summed E-state index contributed by atoms with van der Waals surface area (Å²) < 4.78 is 5.05. The average Bonchev–Trinajstić information content (AvgIpc) is 2.37. The summed E-state index contributed by atoms with van der Waals surface area (Å²) in [5.41, 5.74) is 1.45. The molecule has 0 aromatic heterocycles. The van der Waals surface area contributed by atoms with E-state index in [1.165, 1.54) is 0 Å². The van der Waals surface area contributed by atoms with Crippen molar-refractivity contribution in [1.29, 1.82) is 0 Å². The maximum Gasteiger partial charge on any atom is 0.251 e. The summed E-state index contributed by atoms with van der Waals surface area (Å²) in [4.78, 5) is 12.0. The molecule has 2 N–H and O–H groups in total. The van der Waals surface area contributed by atoms with Crippen LogP contribution in [0.1, 0.15) is 35.7 Å². The third-order valence-electron chi connectivity index (χ3n) is 2.68. The van der Waals surface area contributed by atoms with E-state index < -0.39 is 6.10 Å². The number of rotatable bonds is 7. The Labute approximate surface area is 108 Å². The molecule has 1 rings (SSSR count). The lowest BCUT2D eigenvalue weighted by Crippen LogP contribution is -2.32. The highest BCUT2D eigenvalue weighted by molar-refractivity contribution is 5.95. The molecular weight excluding hydrogens is 230 g/mol. The first-order valence-corrected chi connectivity index (χ1v) is 6.22. The second-order valence-electron chi connectivity index (χ2n) is 4.24. The standard InChI is InChI=1S/C14H21NO3/c1-3-6-12(16)9-15-14(17)13-8-5-4-7-11(13)10-18-2/h4-5,7-8,12,16H,3,6,9-10H2,1-2H3,(H,15,17). The van der Waals surface area contributed by atoms with E-state index in [4.69, 9.17) is 4.74 Å². The molecule has 0 spiro atoms. The van der Waals surface area contributed by atoms with Gasteiger partial charge in [0, 0.05) is 19.2 Å². The van der Waals surface area contributed by atoms with E-state index in [0.717, 1.165) is 12.0 Å². The Bertz CT molecular complexity index is 379. The number of aliphatic hydroxyl groups excluding tert-OH is 1. The van der Waals surface area contributed by atoms with Gasteiger partial charge in [0.05, 0.1) is 12.7 Å². The molecule has 1 amide bonds. The van der Waals surface area contributed by atoms with E-state index in [1.54, 1.807) is 13.2 Å². The van der Waals surface area contributed by atoms with E-state index >= 15 is 0 Å². The molecule has 0 aliphatic heterocycles. The molecule has 0 bridgehead atoms. The number of carbonyl (C=O) groups excluding carboxylic acids is 1. The minimum Gasteiger partial charge on any atom is -0.391 e. The van der Waals surface area contributed by atoms with Crippen LogP contribution < -0.4 is 5.32 Å². The number of amides is 1. The predicted molar refractivity (Wildman–Crippen MR) is 70.4 cm³/mol. The molecule has 0 saturated heterocycles. The summed E-state index contributed by atoms with van der Waals surface area (Å²) in [6.45, 7) is 2.69. The lowest BCUT2D eigenvalue weighted by molar-refractivity contribution is 0.0905. The molecule has 100 valence electrons. The highest BCUT2D eigenvalue weighted by atomic mass is 16.5. The van der Waals surface area contributed by atoms with Crippen molar-refractivity contribution in [3.63, 3.8) is 0 Å². The van der Waals surface area contributed by atoms with Crippen LogP contribution in [0.5, 0.6) is 0 Å². The number of hydrogen-bond acceptors (Lipinski definition) is 3. The summed E-state index contributed by atoms with van der Waals surface area (Å²) in [6.07, 6.45) is 1.12. The van der Waals surface area contributed by atoms with Gasteiger partial charge in [-0.25, -0.2) is 0 Å². The second kappa shape index (κ2) is 7.84. The third-order valence-corrected chi connectivity index (χ3v) is 2.68. The fraction of sp³-hybridized carbons (Fsp3) is 0.500. The van der Waals surface area contributed by atoms with Crippen LogP contribution in [0.3, 0.4) is 0 Å². The largest absolute Gasteiger partial charge is 0.391 e. The summed E-state index contributed by atoms with van der Waals surface area (Å²) in [5, 5.41) is 12.3. The van der Waals surface area contributed by atoms with Crippen LogP contribution >= 0.6 is 0 Å². The van der Waals surface area contributed by atoms with Crippen LogP contribution in [0.25, 0.3) is 0 Å². The number of aliphatic hydroxyl groups is 1. The van der Waals surface area contributed by atoms with E-state index in [1.807, 2.05) is 25.1 Å². The SMILES string of the molecule is CCCC(O)CNC(=O)c1ccccc1COC. The maximum atomic E-state index is 12.0.